The average Bonchev–Trinajstić information content (AvgIpc) is 3.28. The number of anilines is 1. The van der Waals surface area contributed by atoms with E-state index in [1.54, 1.807) is 57.0 Å². The fourth-order valence-electron chi connectivity index (χ4n) is 2.73. The van der Waals surface area contributed by atoms with E-state index in [0.717, 1.165) is 5.56 Å². The molecule has 8 nitrogen and oxygen atoms in total. The minimum atomic E-state index is -0.479. The highest BCUT2D eigenvalue weighted by molar-refractivity contribution is 6.31. The van der Waals surface area contributed by atoms with E-state index in [0.29, 0.717) is 27.9 Å². The number of rotatable bonds is 6. The van der Waals surface area contributed by atoms with Gasteiger partial charge in [0.1, 0.15) is 18.1 Å². The molecule has 3 aromatic rings. The maximum atomic E-state index is 12.7. The topological polar surface area (TPSA) is 89.6 Å². The van der Waals surface area contributed by atoms with Crippen molar-refractivity contribution in [2.75, 3.05) is 19.4 Å². The highest BCUT2D eigenvalue weighted by Crippen LogP contribution is 2.24. The molecule has 30 heavy (non-hydrogen) atoms. The van der Waals surface area contributed by atoms with Crippen LogP contribution in [0, 0.1) is 13.8 Å². The molecule has 3 rings (SSSR count). The maximum absolute atomic E-state index is 12.7. The average molecular weight is 431 g/mol. The second-order valence-electron chi connectivity index (χ2n) is 7.05. The Balaban J connectivity index is 1.71. The van der Waals surface area contributed by atoms with E-state index in [1.165, 1.54) is 4.90 Å². The molecule has 0 fully saturated rings. The van der Waals surface area contributed by atoms with Crippen molar-refractivity contribution in [1.29, 1.82) is 0 Å². The second kappa shape index (κ2) is 8.62. The largest absolute Gasteiger partial charge is 0.486 e. The number of nitrogens with one attached hydrogen (secondary N) is 1. The van der Waals surface area contributed by atoms with Gasteiger partial charge in [0.15, 0.2) is 11.5 Å². The van der Waals surface area contributed by atoms with Gasteiger partial charge in [0.05, 0.1) is 11.4 Å². The molecule has 9 heteroatoms. The van der Waals surface area contributed by atoms with Gasteiger partial charge in [-0.15, -0.1) is 0 Å². The number of hydrogen-bond donors (Lipinski definition) is 1. The van der Waals surface area contributed by atoms with Crippen molar-refractivity contribution in [1.82, 2.24) is 14.7 Å². The number of carbonyl (C=O) groups is 2. The molecule has 2 amide bonds. The van der Waals surface area contributed by atoms with E-state index >= 15 is 0 Å². The molecular weight excluding hydrogens is 408 g/mol. The van der Waals surface area contributed by atoms with E-state index in [-0.39, 0.29) is 24.0 Å². The molecule has 1 N–H and O–H groups in total. The third-order valence-corrected chi connectivity index (χ3v) is 5.00. The molecular formula is C21H23ClN4O4. The number of amides is 2. The first-order chi connectivity index (χ1) is 14.2. The van der Waals surface area contributed by atoms with E-state index in [9.17, 15) is 9.59 Å². The van der Waals surface area contributed by atoms with Crippen LogP contribution >= 0.6 is 11.6 Å². The summed E-state index contributed by atoms with van der Waals surface area (Å²) in [6, 6.07) is 8.57. The lowest BCUT2D eigenvalue weighted by Crippen LogP contribution is -2.24. The molecule has 0 spiro atoms. The Morgan fingerprint density at radius 1 is 1.23 bits per heavy atom. The van der Waals surface area contributed by atoms with E-state index in [2.05, 4.69) is 10.4 Å². The SMILES string of the molecule is Cc1cc(OCc2ccc(C(=O)Nc3c(C(=O)N(C)C)nn(C)c3C)o2)ccc1Cl. The van der Waals surface area contributed by atoms with Crippen LogP contribution in [0.25, 0.3) is 0 Å². The first-order valence-electron chi connectivity index (χ1n) is 9.21. The minimum Gasteiger partial charge on any atom is -0.486 e. The van der Waals surface area contributed by atoms with Crippen LogP contribution in [0.4, 0.5) is 5.69 Å². The predicted octanol–water partition coefficient (Wildman–Crippen LogP) is 3.82. The predicted molar refractivity (Wildman–Crippen MR) is 113 cm³/mol. The van der Waals surface area contributed by atoms with Gasteiger partial charge in [0, 0.05) is 26.2 Å². The zero-order chi connectivity index (χ0) is 22.0. The Kier molecular flexibility index (Phi) is 6.17. The van der Waals surface area contributed by atoms with Crippen LogP contribution < -0.4 is 10.1 Å². The molecule has 0 bridgehead atoms. The molecule has 0 aliphatic carbocycles. The summed E-state index contributed by atoms with van der Waals surface area (Å²) in [6.07, 6.45) is 0. The molecule has 158 valence electrons. The molecule has 0 saturated carbocycles. The van der Waals surface area contributed by atoms with Gasteiger partial charge in [0.25, 0.3) is 11.8 Å². The molecule has 0 unspecified atom stereocenters. The number of benzene rings is 1. The van der Waals surface area contributed by atoms with Crippen LogP contribution in [0.15, 0.2) is 34.7 Å². The third kappa shape index (κ3) is 4.49. The van der Waals surface area contributed by atoms with Crippen LogP contribution in [0.1, 0.15) is 38.1 Å². The Bertz CT molecular complexity index is 1100. The van der Waals surface area contributed by atoms with Crippen LogP contribution in [0.3, 0.4) is 0 Å². The van der Waals surface area contributed by atoms with Crippen molar-refractivity contribution in [3.8, 4) is 5.75 Å². The van der Waals surface area contributed by atoms with Gasteiger partial charge in [-0.05, 0) is 49.7 Å². The highest BCUT2D eigenvalue weighted by Gasteiger charge is 2.24. The molecule has 0 aliphatic heterocycles. The van der Waals surface area contributed by atoms with Crippen LogP contribution in [-0.4, -0.2) is 40.6 Å². The molecule has 1 aromatic carbocycles. The van der Waals surface area contributed by atoms with Gasteiger partial charge < -0.3 is 19.4 Å². The number of carbonyl (C=O) groups excluding carboxylic acids is 2. The molecule has 2 aromatic heterocycles. The van der Waals surface area contributed by atoms with Gasteiger partial charge in [-0.3, -0.25) is 14.3 Å². The smallest absolute Gasteiger partial charge is 0.291 e. The number of aromatic nitrogens is 2. The van der Waals surface area contributed by atoms with Gasteiger partial charge in [-0.25, -0.2) is 0 Å². The summed E-state index contributed by atoms with van der Waals surface area (Å²) < 4.78 is 12.8. The standard InChI is InChI=1S/C21H23ClN4O4/c1-12-10-14(6-8-16(12)22)29-11-15-7-9-17(30-15)20(27)23-18-13(2)26(5)24-19(18)21(28)25(3)4/h6-10H,11H2,1-5H3,(H,23,27). The van der Waals surface area contributed by atoms with Crippen molar-refractivity contribution < 1.29 is 18.7 Å². The van der Waals surface area contributed by atoms with Crippen LogP contribution in [0.5, 0.6) is 5.75 Å². The molecule has 0 radical (unpaired) electrons. The molecule has 0 saturated heterocycles. The summed E-state index contributed by atoms with van der Waals surface area (Å²) in [7, 11) is 4.95. The quantitative estimate of drug-likeness (QED) is 0.642. The van der Waals surface area contributed by atoms with Gasteiger partial charge in [0.2, 0.25) is 0 Å². The zero-order valence-corrected chi connectivity index (χ0v) is 18.2. The summed E-state index contributed by atoms with van der Waals surface area (Å²) in [4.78, 5) is 26.4. The summed E-state index contributed by atoms with van der Waals surface area (Å²) >= 11 is 6.01. The number of aryl methyl sites for hydroxylation is 2. The number of furan rings is 1. The van der Waals surface area contributed by atoms with Crippen LogP contribution in [-0.2, 0) is 13.7 Å². The minimum absolute atomic E-state index is 0.104. The van der Waals surface area contributed by atoms with Crippen molar-refractivity contribution >= 4 is 29.1 Å². The highest BCUT2D eigenvalue weighted by atomic mass is 35.5. The first-order valence-corrected chi connectivity index (χ1v) is 9.59. The lowest BCUT2D eigenvalue weighted by Gasteiger charge is -2.10. The Morgan fingerprint density at radius 2 is 1.97 bits per heavy atom. The lowest BCUT2D eigenvalue weighted by atomic mass is 10.2. The summed E-state index contributed by atoms with van der Waals surface area (Å²) in [5.41, 5.74) is 2.08. The lowest BCUT2D eigenvalue weighted by molar-refractivity contribution is 0.0822. The van der Waals surface area contributed by atoms with Gasteiger partial charge >= 0.3 is 0 Å². The van der Waals surface area contributed by atoms with Crippen molar-refractivity contribution in [3.63, 3.8) is 0 Å². The Morgan fingerprint density at radius 3 is 2.63 bits per heavy atom. The Labute approximate surface area is 179 Å². The number of nitrogens with zero attached hydrogens (tertiary/aromatic N) is 3. The zero-order valence-electron chi connectivity index (χ0n) is 17.4. The van der Waals surface area contributed by atoms with Crippen molar-refractivity contribution in [3.05, 3.63) is 63.8 Å². The Hall–Kier alpha value is -3.26. The first kappa shape index (κ1) is 21.4. The van der Waals surface area contributed by atoms with Gasteiger partial charge in [-0.2, -0.15) is 5.10 Å². The normalized spacial score (nSPS) is 10.7. The van der Waals surface area contributed by atoms with Crippen LogP contribution in [0.2, 0.25) is 5.02 Å². The monoisotopic (exact) mass is 430 g/mol. The fraction of sp³-hybridized carbons (Fsp3) is 0.286. The van der Waals surface area contributed by atoms with E-state index < -0.39 is 5.91 Å². The molecule has 2 heterocycles. The van der Waals surface area contributed by atoms with Crippen molar-refractivity contribution in [2.45, 2.75) is 20.5 Å². The maximum Gasteiger partial charge on any atom is 0.291 e. The van der Waals surface area contributed by atoms with E-state index in [1.807, 2.05) is 13.0 Å². The van der Waals surface area contributed by atoms with E-state index in [4.69, 9.17) is 20.8 Å². The summed E-state index contributed by atoms with van der Waals surface area (Å²) in [5, 5.41) is 7.61. The van der Waals surface area contributed by atoms with Gasteiger partial charge in [-0.1, -0.05) is 11.6 Å². The molecule has 0 aliphatic rings. The third-order valence-electron chi connectivity index (χ3n) is 4.58. The molecule has 0 atom stereocenters. The number of ether oxygens (including phenoxy) is 1. The fourth-order valence-corrected chi connectivity index (χ4v) is 2.85. The summed E-state index contributed by atoms with van der Waals surface area (Å²) in [6.45, 7) is 3.81. The summed E-state index contributed by atoms with van der Waals surface area (Å²) in [5.74, 6) is 0.457. The second-order valence-corrected chi connectivity index (χ2v) is 7.46. The van der Waals surface area contributed by atoms with Crippen molar-refractivity contribution in [2.24, 2.45) is 7.05 Å². The number of hydrogen-bond acceptors (Lipinski definition) is 5. The number of halogens is 1.